The first kappa shape index (κ1) is 12.1. The Kier molecular flexibility index (Phi) is 3.87. The van der Waals surface area contributed by atoms with E-state index in [0.29, 0.717) is 5.69 Å². The molecule has 4 heteroatoms. The van der Waals surface area contributed by atoms with Crippen molar-refractivity contribution in [3.8, 4) is 6.07 Å². The molecule has 0 fully saturated rings. The number of nitriles is 1. The number of nitrogens with zero attached hydrogens (tertiary/aromatic N) is 4. The van der Waals surface area contributed by atoms with Crippen molar-refractivity contribution in [2.24, 2.45) is 0 Å². The zero-order valence-electron chi connectivity index (χ0n) is 10.2. The van der Waals surface area contributed by atoms with E-state index in [0.717, 1.165) is 18.8 Å². The van der Waals surface area contributed by atoms with Crippen molar-refractivity contribution in [2.75, 3.05) is 18.5 Å². The highest BCUT2D eigenvalue weighted by Crippen LogP contribution is 2.09. The van der Waals surface area contributed by atoms with E-state index < -0.39 is 0 Å². The van der Waals surface area contributed by atoms with Crippen molar-refractivity contribution in [2.45, 2.75) is 6.42 Å². The molecule has 1 aromatic carbocycles. The molecule has 18 heavy (non-hydrogen) atoms. The van der Waals surface area contributed by atoms with Crippen molar-refractivity contribution in [1.29, 1.82) is 5.26 Å². The molecule has 0 aliphatic carbocycles. The molecule has 0 spiro atoms. The number of hydrogen-bond donors (Lipinski definition) is 0. The summed E-state index contributed by atoms with van der Waals surface area (Å²) in [5.74, 6) is 0.775. The van der Waals surface area contributed by atoms with Crippen LogP contribution in [0.1, 0.15) is 11.3 Å². The highest BCUT2D eigenvalue weighted by atomic mass is 15.2. The van der Waals surface area contributed by atoms with Crippen LogP contribution in [0.3, 0.4) is 0 Å². The van der Waals surface area contributed by atoms with E-state index in [1.54, 1.807) is 6.07 Å². The van der Waals surface area contributed by atoms with Gasteiger partial charge in [0.25, 0.3) is 0 Å². The fourth-order valence-corrected chi connectivity index (χ4v) is 1.67. The van der Waals surface area contributed by atoms with Gasteiger partial charge in [-0.25, -0.2) is 9.97 Å². The molecule has 0 amide bonds. The first-order valence-corrected chi connectivity index (χ1v) is 5.77. The molecule has 0 radical (unpaired) electrons. The summed E-state index contributed by atoms with van der Waals surface area (Å²) in [5, 5.41) is 8.79. The molecule has 2 aromatic rings. The second-order valence-corrected chi connectivity index (χ2v) is 4.03. The summed E-state index contributed by atoms with van der Waals surface area (Å²) >= 11 is 0. The van der Waals surface area contributed by atoms with Crippen molar-refractivity contribution in [1.82, 2.24) is 9.97 Å². The van der Waals surface area contributed by atoms with Gasteiger partial charge in [-0.05, 0) is 12.0 Å². The zero-order valence-corrected chi connectivity index (χ0v) is 10.2. The van der Waals surface area contributed by atoms with Crippen LogP contribution in [0.2, 0.25) is 0 Å². The van der Waals surface area contributed by atoms with Gasteiger partial charge in [-0.15, -0.1) is 0 Å². The molecule has 0 atom stereocenters. The van der Waals surface area contributed by atoms with E-state index in [9.17, 15) is 0 Å². The summed E-state index contributed by atoms with van der Waals surface area (Å²) in [4.78, 5) is 10.0. The van der Waals surface area contributed by atoms with Gasteiger partial charge in [0.15, 0.2) is 0 Å². The summed E-state index contributed by atoms with van der Waals surface area (Å²) in [5.41, 5.74) is 1.69. The molecular weight excluding hydrogens is 224 g/mol. The molecule has 1 heterocycles. The second-order valence-electron chi connectivity index (χ2n) is 4.03. The molecule has 0 saturated heterocycles. The number of likely N-dealkylation sites (N-methyl/N-ethyl adjacent to an activating group) is 1. The maximum Gasteiger partial charge on any atom is 0.145 e. The standard InChI is InChI=1S/C14H14N4/c1-18(8-7-12-5-3-2-4-6-12)14-9-13(10-15)16-11-17-14/h2-6,9,11H,7-8H2,1H3. The van der Waals surface area contributed by atoms with Crippen LogP contribution in [0, 0.1) is 11.3 Å². The Hall–Kier alpha value is -2.41. The van der Waals surface area contributed by atoms with Crippen LogP contribution in [-0.2, 0) is 6.42 Å². The molecule has 0 bridgehead atoms. The third-order valence-electron chi connectivity index (χ3n) is 2.74. The first-order valence-electron chi connectivity index (χ1n) is 5.77. The molecule has 90 valence electrons. The van der Waals surface area contributed by atoms with Crippen molar-refractivity contribution < 1.29 is 0 Å². The zero-order chi connectivity index (χ0) is 12.8. The number of rotatable bonds is 4. The van der Waals surface area contributed by atoms with E-state index in [4.69, 9.17) is 5.26 Å². The predicted octanol–water partition coefficient (Wildman–Crippen LogP) is 2.03. The molecule has 4 nitrogen and oxygen atoms in total. The normalized spacial score (nSPS) is 9.78. The fourth-order valence-electron chi connectivity index (χ4n) is 1.67. The highest BCUT2D eigenvalue weighted by Gasteiger charge is 2.04. The van der Waals surface area contributed by atoms with Gasteiger partial charge >= 0.3 is 0 Å². The lowest BCUT2D eigenvalue weighted by Crippen LogP contribution is -2.21. The van der Waals surface area contributed by atoms with Crippen molar-refractivity contribution >= 4 is 5.82 Å². The van der Waals surface area contributed by atoms with Gasteiger partial charge in [0.05, 0.1) is 0 Å². The van der Waals surface area contributed by atoms with Crippen molar-refractivity contribution in [3.63, 3.8) is 0 Å². The predicted molar refractivity (Wildman–Crippen MR) is 70.2 cm³/mol. The van der Waals surface area contributed by atoms with E-state index in [1.807, 2.05) is 36.2 Å². The summed E-state index contributed by atoms with van der Waals surface area (Å²) in [6.07, 6.45) is 2.37. The SMILES string of the molecule is CN(CCc1ccccc1)c1cc(C#N)ncn1. The van der Waals surface area contributed by atoms with E-state index in [2.05, 4.69) is 22.1 Å². The molecule has 0 aliphatic heterocycles. The van der Waals surface area contributed by atoms with Crippen molar-refractivity contribution in [3.05, 3.63) is 54.0 Å². The minimum Gasteiger partial charge on any atom is -0.359 e. The molecule has 2 rings (SSSR count). The number of anilines is 1. The van der Waals surface area contributed by atoms with Crippen LogP contribution >= 0.6 is 0 Å². The molecule has 0 N–H and O–H groups in total. The molecule has 0 aliphatic rings. The summed E-state index contributed by atoms with van der Waals surface area (Å²) < 4.78 is 0. The second kappa shape index (κ2) is 5.78. The minimum absolute atomic E-state index is 0.395. The van der Waals surface area contributed by atoms with E-state index >= 15 is 0 Å². The largest absolute Gasteiger partial charge is 0.359 e. The maximum absolute atomic E-state index is 8.79. The molecule has 1 aromatic heterocycles. The topological polar surface area (TPSA) is 52.8 Å². The monoisotopic (exact) mass is 238 g/mol. The number of hydrogen-bond acceptors (Lipinski definition) is 4. The highest BCUT2D eigenvalue weighted by molar-refractivity contribution is 5.41. The van der Waals surface area contributed by atoms with Crippen LogP contribution in [0.5, 0.6) is 0 Å². The number of benzene rings is 1. The lowest BCUT2D eigenvalue weighted by atomic mass is 10.1. The van der Waals surface area contributed by atoms with Gasteiger partial charge in [0.2, 0.25) is 0 Å². The Balaban J connectivity index is 1.99. The summed E-state index contributed by atoms with van der Waals surface area (Å²) in [6.45, 7) is 0.853. The van der Waals surface area contributed by atoms with E-state index in [-0.39, 0.29) is 0 Å². The minimum atomic E-state index is 0.395. The van der Waals surface area contributed by atoms with Gasteiger partial charge in [-0.3, -0.25) is 0 Å². The first-order chi connectivity index (χ1) is 8.79. The van der Waals surface area contributed by atoms with E-state index in [1.165, 1.54) is 11.9 Å². The van der Waals surface area contributed by atoms with Gasteiger partial charge in [-0.2, -0.15) is 5.26 Å². The summed E-state index contributed by atoms with van der Waals surface area (Å²) in [6, 6.07) is 14.0. The van der Waals surface area contributed by atoms with Gasteiger partial charge < -0.3 is 4.90 Å². The third-order valence-corrected chi connectivity index (χ3v) is 2.74. The average Bonchev–Trinajstić information content (AvgIpc) is 2.46. The third kappa shape index (κ3) is 3.05. The summed E-state index contributed by atoms with van der Waals surface area (Å²) in [7, 11) is 1.96. The Morgan fingerprint density at radius 1 is 1.22 bits per heavy atom. The average molecular weight is 238 g/mol. The Morgan fingerprint density at radius 3 is 2.72 bits per heavy atom. The molecular formula is C14H14N4. The Labute approximate surface area is 107 Å². The Morgan fingerprint density at radius 2 is 2.00 bits per heavy atom. The van der Waals surface area contributed by atoms with Crippen LogP contribution in [-0.4, -0.2) is 23.6 Å². The van der Waals surface area contributed by atoms with Gasteiger partial charge in [0, 0.05) is 19.7 Å². The molecule has 0 saturated carbocycles. The lowest BCUT2D eigenvalue weighted by Gasteiger charge is -2.17. The van der Waals surface area contributed by atoms with Crippen LogP contribution < -0.4 is 4.90 Å². The lowest BCUT2D eigenvalue weighted by molar-refractivity contribution is 0.854. The van der Waals surface area contributed by atoms with Gasteiger partial charge in [-0.1, -0.05) is 30.3 Å². The Bertz CT molecular complexity index is 545. The van der Waals surface area contributed by atoms with Crippen LogP contribution in [0.4, 0.5) is 5.82 Å². The van der Waals surface area contributed by atoms with Gasteiger partial charge in [0.1, 0.15) is 23.9 Å². The quantitative estimate of drug-likeness (QED) is 0.817. The van der Waals surface area contributed by atoms with Crippen LogP contribution in [0.15, 0.2) is 42.7 Å². The smallest absolute Gasteiger partial charge is 0.145 e. The maximum atomic E-state index is 8.79. The number of aromatic nitrogens is 2. The fraction of sp³-hybridized carbons (Fsp3) is 0.214. The van der Waals surface area contributed by atoms with Crippen LogP contribution in [0.25, 0.3) is 0 Å². The molecule has 0 unspecified atom stereocenters.